The van der Waals surface area contributed by atoms with E-state index in [1.165, 1.54) is 25.7 Å². The number of halogens is 8. The highest BCUT2D eigenvalue weighted by molar-refractivity contribution is 4.50. The molecule has 1 saturated carbocycles. The zero-order chi connectivity index (χ0) is 2.83. The first-order valence-corrected chi connectivity index (χ1v) is 2.00. The topological polar surface area (TPSA) is 0 Å². The first-order valence-electron chi connectivity index (χ1n) is 2.00. The maximum Gasteiger partial charge on any atom is -0.0533 e. The third-order valence-corrected chi connectivity index (χ3v) is 1.000. The van der Waals surface area contributed by atoms with Crippen LogP contribution < -0.4 is 0 Å². The van der Waals surface area contributed by atoms with E-state index in [-0.39, 0.29) is 37.6 Å². The van der Waals surface area contributed by atoms with Gasteiger partial charge in [-0.3, -0.25) is 37.6 Å². The minimum atomic E-state index is 0. The van der Waals surface area contributed by atoms with Crippen molar-refractivity contribution < 1.29 is 37.6 Å². The minimum Gasteiger partial charge on any atom is -0.269 e. The molecule has 0 atom stereocenters. The Labute approximate surface area is 64.7 Å². The van der Waals surface area contributed by atoms with Gasteiger partial charge in [-0.15, -0.1) is 0 Å². The van der Waals surface area contributed by atoms with Gasteiger partial charge in [0.05, 0.1) is 0 Å². The highest BCUT2D eigenvalue weighted by atomic mass is 19.0. The van der Waals surface area contributed by atoms with Crippen LogP contribution >= 0.6 is 0 Å². The van der Waals surface area contributed by atoms with Crippen LogP contribution in [0.4, 0.5) is 37.6 Å². The maximum atomic E-state index is 1.50. The Bertz CT molecular complexity index is 19.0. The summed E-state index contributed by atoms with van der Waals surface area (Å²) in [7, 11) is 0. The SMILES string of the molecule is C1CCC1.F.F.F.F.F.F.F.F. The third-order valence-electron chi connectivity index (χ3n) is 1.000. The quantitative estimate of drug-likeness (QED) is 0.546. The second-order valence-electron chi connectivity index (χ2n) is 1.41. The van der Waals surface area contributed by atoms with Gasteiger partial charge in [-0.25, -0.2) is 0 Å². The molecule has 0 nitrogen and oxygen atoms in total. The molecule has 12 heavy (non-hydrogen) atoms. The van der Waals surface area contributed by atoms with Crippen molar-refractivity contribution in [2.24, 2.45) is 0 Å². The van der Waals surface area contributed by atoms with Gasteiger partial charge in [-0.1, -0.05) is 25.7 Å². The zero-order valence-corrected chi connectivity index (χ0v) is 6.09. The fourth-order valence-corrected chi connectivity index (χ4v) is 0.250. The van der Waals surface area contributed by atoms with E-state index in [2.05, 4.69) is 0 Å². The van der Waals surface area contributed by atoms with Gasteiger partial charge in [0.25, 0.3) is 0 Å². The van der Waals surface area contributed by atoms with Crippen LogP contribution in [0.2, 0.25) is 0 Å². The first kappa shape index (κ1) is 105. The van der Waals surface area contributed by atoms with Crippen molar-refractivity contribution in [1.82, 2.24) is 0 Å². The lowest BCUT2D eigenvalue weighted by molar-refractivity contribution is 0.504. The molecule has 8 heteroatoms. The summed E-state index contributed by atoms with van der Waals surface area (Å²) in [6, 6.07) is 0. The summed E-state index contributed by atoms with van der Waals surface area (Å²) in [5, 5.41) is 0. The molecule has 0 aromatic rings. The van der Waals surface area contributed by atoms with Gasteiger partial charge >= 0.3 is 0 Å². The smallest absolute Gasteiger partial charge is 0.0533 e. The van der Waals surface area contributed by atoms with Crippen LogP contribution in [0.1, 0.15) is 25.7 Å². The molecular weight excluding hydrogens is 200 g/mol. The Morgan fingerprint density at radius 2 is 0.333 bits per heavy atom. The molecule has 0 aliphatic heterocycles. The average molecular weight is 216 g/mol. The van der Waals surface area contributed by atoms with E-state index in [1.54, 1.807) is 0 Å². The summed E-state index contributed by atoms with van der Waals surface area (Å²) in [5.74, 6) is 0. The van der Waals surface area contributed by atoms with Crippen LogP contribution in [0.3, 0.4) is 0 Å². The van der Waals surface area contributed by atoms with Crippen molar-refractivity contribution >= 4 is 0 Å². The zero-order valence-electron chi connectivity index (χ0n) is 6.09. The Balaban J connectivity index is -0.00000000333. The van der Waals surface area contributed by atoms with Crippen LogP contribution in [-0.4, -0.2) is 0 Å². The molecule has 0 aromatic carbocycles. The van der Waals surface area contributed by atoms with Gasteiger partial charge in [0.1, 0.15) is 0 Å². The molecule has 0 bridgehead atoms. The second kappa shape index (κ2) is 78.6. The van der Waals surface area contributed by atoms with Gasteiger partial charge < -0.3 is 0 Å². The van der Waals surface area contributed by atoms with Crippen molar-refractivity contribution in [2.75, 3.05) is 0 Å². The Kier molecular flexibility index (Phi) is 690. The minimum absolute atomic E-state index is 0. The Hall–Kier alpha value is -0.560. The summed E-state index contributed by atoms with van der Waals surface area (Å²) in [6.07, 6.45) is 6.00. The molecule has 0 N–H and O–H groups in total. The normalized spacial score (nSPS) is 8.00. The van der Waals surface area contributed by atoms with Crippen LogP contribution in [0, 0.1) is 0 Å². The highest BCUT2D eigenvalue weighted by Gasteiger charge is 1.95. The second-order valence-corrected chi connectivity index (χ2v) is 1.41. The highest BCUT2D eigenvalue weighted by Crippen LogP contribution is 2.15. The molecule has 1 rings (SSSR count). The molecule has 0 radical (unpaired) electrons. The molecule has 1 aliphatic rings. The summed E-state index contributed by atoms with van der Waals surface area (Å²) in [5.41, 5.74) is 0. The lowest BCUT2D eigenvalue weighted by atomic mass is 10.0. The van der Waals surface area contributed by atoms with Crippen LogP contribution in [0.25, 0.3) is 0 Å². The summed E-state index contributed by atoms with van der Waals surface area (Å²) in [4.78, 5) is 0. The van der Waals surface area contributed by atoms with Gasteiger partial charge in [0.15, 0.2) is 0 Å². The van der Waals surface area contributed by atoms with Gasteiger partial charge in [0, 0.05) is 0 Å². The fraction of sp³-hybridized carbons (Fsp3) is 1.00. The van der Waals surface area contributed by atoms with Gasteiger partial charge in [-0.05, 0) is 0 Å². The molecule has 0 unspecified atom stereocenters. The van der Waals surface area contributed by atoms with E-state index >= 15 is 0 Å². The predicted octanol–water partition coefficient (Wildman–Crippen LogP) is 2.78. The molecule has 88 valence electrons. The standard InChI is InChI=1S/C4H8.8FH/c1-2-4-3-1;;;;;;;;/h1-4H2;8*1H. The Morgan fingerprint density at radius 3 is 0.333 bits per heavy atom. The predicted molar refractivity (Wildman–Crippen MR) is 38.5 cm³/mol. The molecule has 1 aliphatic carbocycles. The summed E-state index contributed by atoms with van der Waals surface area (Å²) >= 11 is 0. The van der Waals surface area contributed by atoms with Crippen LogP contribution in [0.15, 0.2) is 0 Å². The lowest BCUT2D eigenvalue weighted by Gasteiger charge is -2.05. The summed E-state index contributed by atoms with van der Waals surface area (Å²) < 4.78 is 0. The molecule has 0 amide bonds. The van der Waals surface area contributed by atoms with Crippen molar-refractivity contribution in [3.63, 3.8) is 0 Å². The van der Waals surface area contributed by atoms with E-state index in [4.69, 9.17) is 0 Å². The van der Waals surface area contributed by atoms with Crippen LogP contribution in [0.5, 0.6) is 0 Å². The van der Waals surface area contributed by atoms with E-state index in [0.717, 1.165) is 0 Å². The van der Waals surface area contributed by atoms with E-state index in [0.29, 0.717) is 0 Å². The molecule has 0 saturated heterocycles. The van der Waals surface area contributed by atoms with Gasteiger partial charge in [0.2, 0.25) is 0 Å². The maximum absolute atomic E-state index is 1.50. The van der Waals surface area contributed by atoms with Crippen molar-refractivity contribution in [3.8, 4) is 0 Å². The fourth-order valence-electron chi connectivity index (χ4n) is 0.250. The summed E-state index contributed by atoms with van der Waals surface area (Å²) in [6.45, 7) is 0. The average Bonchev–Trinajstić information content (AvgIpc) is 0.722. The van der Waals surface area contributed by atoms with E-state index < -0.39 is 0 Å². The van der Waals surface area contributed by atoms with E-state index in [1.807, 2.05) is 0 Å². The third kappa shape index (κ3) is 56.8. The Morgan fingerprint density at radius 1 is 0.250 bits per heavy atom. The molecule has 0 spiro atoms. The number of rotatable bonds is 0. The molecule has 0 heterocycles. The molecular formula is C4H16F8. The van der Waals surface area contributed by atoms with Crippen LogP contribution in [-0.2, 0) is 0 Å². The molecule has 0 aromatic heterocycles. The lowest BCUT2D eigenvalue weighted by Crippen LogP contribution is -1.85. The largest absolute Gasteiger partial charge is 0.269 e. The van der Waals surface area contributed by atoms with Crippen molar-refractivity contribution in [1.29, 1.82) is 0 Å². The number of hydrogen-bond donors (Lipinski definition) is 0. The van der Waals surface area contributed by atoms with Crippen molar-refractivity contribution in [3.05, 3.63) is 0 Å². The van der Waals surface area contributed by atoms with Crippen molar-refractivity contribution in [2.45, 2.75) is 25.7 Å². The molecule has 1 fully saturated rings. The van der Waals surface area contributed by atoms with Gasteiger partial charge in [-0.2, -0.15) is 0 Å². The first-order chi connectivity index (χ1) is 2.00. The monoisotopic (exact) mass is 216 g/mol. The van der Waals surface area contributed by atoms with E-state index in [9.17, 15) is 0 Å². The number of hydrogen-bond acceptors (Lipinski definition) is 0.